The average Bonchev–Trinajstić information content (AvgIpc) is 3.20. The van der Waals surface area contributed by atoms with Crippen LogP contribution in [0.2, 0.25) is 0 Å². The highest BCUT2D eigenvalue weighted by Gasteiger charge is 2.32. The van der Waals surface area contributed by atoms with E-state index in [9.17, 15) is 9.59 Å². The van der Waals surface area contributed by atoms with Crippen LogP contribution in [0.5, 0.6) is 5.75 Å². The third kappa shape index (κ3) is 3.39. The Kier molecular flexibility index (Phi) is 4.79. The molecule has 0 saturated carbocycles. The molecule has 142 valence electrons. The van der Waals surface area contributed by atoms with Crippen LogP contribution in [-0.4, -0.2) is 69.7 Å². The van der Waals surface area contributed by atoms with Gasteiger partial charge in [0.05, 0.1) is 25.1 Å². The number of hydrogen-bond donors (Lipinski definition) is 0. The van der Waals surface area contributed by atoms with E-state index >= 15 is 0 Å². The first kappa shape index (κ1) is 17.5. The number of hydrogen-bond acceptors (Lipinski definition) is 5. The quantitative estimate of drug-likeness (QED) is 0.801. The standard InChI is InChI=1S/C19H23N5O3/c1-27-16-5-3-2-4-15(16)19(26)23-10-8-22(9-11-23)18(25)14-6-7-17-20-13-21-24(17)12-14/h2-5,13-14H,6-12H2,1H3. The van der Waals surface area contributed by atoms with Crippen LogP contribution in [0.25, 0.3) is 0 Å². The van der Waals surface area contributed by atoms with Crippen molar-refractivity contribution in [3.63, 3.8) is 0 Å². The van der Waals surface area contributed by atoms with Crippen molar-refractivity contribution in [1.29, 1.82) is 0 Å². The summed E-state index contributed by atoms with van der Waals surface area (Å²) in [7, 11) is 1.56. The summed E-state index contributed by atoms with van der Waals surface area (Å²) in [6.45, 7) is 2.77. The van der Waals surface area contributed by atoms with Crippen molar-refractivity contribution in [2.24, 2.45) is 5.92 Å². The minimum absolute atomic E-state index is 0.0514. The Hall–Kier alpha value is -2.90. The maximum atomic E-state index is 12.9. The molecule has 0 N–H and O–H groups in total. The van der Waals surface area contributed by atoms with E-state index in [1.807, 2.05) is 21.7 Å². The second-order valence-electron chi connectivity index (χ2n) is 6.91. The lowest BCUT2D eigenvalue weighted by Gasteiger charge is -2.37. The lowest BCUT2D eigenvalue weighted by atomic mass is 9.98. The molecule has 3 heterocycles. The summed E-state index contributed by atoms with van der Waals surface area (Å²) in [6, 6.07) is 7.23. The van der Waals surface area contributed by atoms with Crippen LogP contribution in [0.4, 0.5) is 0 Å². The number of amides is 2. The zero-order chi connectivity index (χ0) is 18.8. The summed E-state index contributed by atoms with van der Waals surface area (Å²) < 4.78 is 7.12. The van der Waals surface area contributed by atoms with Gasteiger partial charge >= 0.3 is 0 Å². The fourth-order valence-electron chi connectivity index (χ4n) is 3.82. The highest BCUT2D eigenvalue weighted by molar-refractivity contribution is 5.97. The summed E-state index contributed by atoms with van der Waals surface area (Å²) in [5, 5.41) is 4.19. The van der Waals surface area contributed by atoms with E-state index in [4.69, 9.17) is 4.74 Å². The predicted molar refractivity (Wildman–Crippen MR) is 97.3 cm³/mol. The minimum Gasteiger partial charge on any atom is -0.496 e. The fraction of sp³-hybridized carbons (Fsp3) is 0.474. The molecule has 1 aromatic heterocycles. The van der Waals surface area contributed by atoms with E-state index in [0.29, 0.717) is 44.0 Å². The predicted octanol–water partition coefficient (Wildman–Crippen LogP) is 0.834. The number of nitrogens with zero attached hydrogens (tertiary/aromatic N) is 5. The van der Waals surface area contributed by atoms with Gasteiger partial charge in [0.1, 0.15) is 17.9 Å². The lowest BCUT2D eigenvalue weighted by molar-refractivity contribution is -0.138. The van der Waals surface area contributed by atoms with E-state index in [1.54, 1.807) is 30.5 Å². The first-order valence-electron chi connectivity index (χ1n) is 9.25. The second kappa shape index (κ2) is 7.38. The summed E-state index contributed by atoms with van der Waals surface area (Å²) in [6.07, 6.45) is 3.13. The Labute approximate surface area is 157 Å². The molecule has 1 atom stereocenters. The number of methoxy groups -OCH3 is 1. The van der Waals surface area contributed by atoms with Crippen molar-refractivity contribution < 1.29 is 14.3 Å². The summed E-state index contributed by atoms with van der Waals surface area (Å²) >= 11 is 0. The third-order valence-electron chi connectivity index (χ3n) is 5.37. The zero-order valence-corrected chi connectivity index (χ0v) is 15.4. The third-order valence-corrected chi connectivity index (χ3v) is 5.37. The molecule has 0 radical (unpaired) electrons. The normalized spacial score (nSPS) is 19.5. The van der Waals surface area contributed by atoms with Crippen LogP contribution in [-0.2, 0) is 17.8 Å². The Bertz CT molecular complexity index is 841. The van der Waals surface area contributed by atoms with Gasteiger partial charge < -0.3 is 14.5 Å². The Morgan fingerprint density at radius 2 is 1.85 bits per heavy atom. The van der Waals surface area contributed by atoms with Crippen LogP contribution in [0, 0.1) is 5.92 Å². The summed E-state index contributed by atoms with van der Waals surface area (Å²) in [4.78, 5) is 33.5. The molecular weight excluding hydrogens is 346 g/mol. The maximum Gasteiger partial charge on any atom is 0.257 e. The number of fused-ring (bicyclic) bond motifs is 1. The van der Waals surface area contributed by atoms with Gasteiger partial charge in [0.15, 0.2) is 0 Å². The molecular formula is C19H23N5O3. The van der Waals surface area contributed by atoms with Crippen molar-refractivity contribution in [3.8, 4) is 5.75 Å². The molecule has 4 rings (SSSR count). The molecule has 2 aliphatic heterocycles. The number of aryl methyl sites for hydroxylation is 1. The zero-order valence-electron chi connectivity index (χ0n) is 15.4. The highest BCUT2D eigenvalue weighted by atomic mass is 16.5. The Morgan fingerprint density at radius 1 is 1.11 bits per heavy atom. The molecule has 1 aromatic carbocycles. The first-order chi connectivity index (χ1) is 13.2. The van der Waals surface area contributed by atoms with Crippen molar-refractivity contribution in [2.45, 2.75) is 19.4 Å². The maximum absolute atomic E-state index is 12.9. The molecule has 2 amide bonds. The molecule has 2 aliphatic rings. The number of carbonyl (C=O) groups excluding carboxylic acids is 2. The van der Waals surface area contributed by atoms with Crippen LogP contribution < -0.4 is 4.74 Å². The molecule has 1 unspecified atom stereocenters. The highest BCUT2D eigenvalue weighted by Crippen LogP contribution is 2.22. The molecule has 1 saturated heterocycles. The molecule has 8 heteroatoms. The van der Waals surface area contributed by atoms with Gasteiger partial charge in [-0.3, -0.25) is 9.59 Å². The molecule has 27 heavy (non-hydrogen) atoms. The van der Waals surface area contributed by atoms with Gasteiger partial charge in [0.2, 0.25) is 5.91 Å². The van der Waals surface area contributed by atoms with Gasteiger partial charge in [-0.15, -0.1) is 0 Å². The van der Waals surface area contributed by atoms with E-state index in [2.05, 4.69) is 10.1 Å². The summed E-state index contributed by atoms with van der Waals surface area (Å²) in [5.74, 6) is 1.57. The van der Waals surface area contributed by atoms with Crippen LogP contribution in [0.3, 0.4) is 0 Å². The average molecular weight is 369 g/mol. The number of piperazine rings is 1. The van der Waals surface area contributed by atoms with Crippen molar-refractivity contribution in [1.82, 2.24) is 24.6 Å². The number of para-hydroxylation sites is 1. The number of aromatic nitrogens is 3. The van der Waals surface area contributed by atoms with E-state index in [-0.39, 0.29) is 17.7 Å². The van der Waals surface area contributed by atoms with E-state index in [0.717, 1.165) is 18.7 Å². The smallest absolute Gasteiger partial charge is 0.257 e. The fourth-order valence-corrected chi connectivity index (χ4v) is 3.82. The first-order valence-corrected chi connectivity index (χ1v) is 9.25. The number of benzene rings is 1. The lowest BCUT2D eigenvalue weighted by Crippen LogP contribution is -2.52. The topological polar surface area (TPSA) is 80.6 Å². The largest absolute Gasteiger partial charge is 0.496 e. The SMILES string of the molecule is COc1ccccc1C(=O)N1CCN(C(=O)C2CCc3ncnn3C2)CC1. The van der Waals surface area contributed by atoms with Crippen molar-refractivity contribution in [3.05, 3.63) is 42.0 Å². The van der Waals surface area contributed by atoms with Gasteiger partial charge in [0, 0.05) is 32.6 Å². The number of carbonyl (C=O) groups is 2. The van der Waals surface area contributed by atoms with Crippen LogP contribution >= 0.6 is 0 Å². The Balaban J connectivity index is 1.36. The van der Waals surface area contributed by atoms with Crippen LogP contribution in [0.15, 0.2) is 30.6 Å². The van der Waals surface area contributed by atoms with Gasteiger partial charge in [-0.05, 0) is 18.6 Å². The Morgan fingerprint density at radius 3 is 2.63 bits per heavy atom. The molecule has 1 fully saturated rings. The summed E-state index contributed by atoms with van der Waals surface area (Å²) in [5.41, 5.74) is 0.561. The van der Waals surface area contributed by atoms with E-state index in [1.165, 1.54) is 0 Å². The number of rotatable bonds is 3. The van der Waals surface area contributed by atoms with Gasteiger partial charge in [-0.1, -0.05) is 12.1 Å². The van der Waals surface area contributed by atoms with Crippen molar-refractivity contribution >= 4 is 11.8 Å². The van der Waals surface area contributed by atoms with Crippen molar-refractivity contribution in [2.75, 3.05) is 33.3 Å². The second-order valence-corrected chi connectivity index (χ2v) is 6.91. The van der Waals surface area contributed by atoms with Gasteiger partial charge in [-0.25, -0.2) is 9.67 Å². The van der Waals surface area contributed by atoms with Gasteiger partial charge in [0.25, 0.3) is 5.91 Å². The molecule has 0 bridgehead atoms. The van der Waals surface area contributed by atoms with Crippen LogP contribution in [0.1, 0.15) is 22.6 Å². The molecule has 8 nitrogen and oxygen atoms in total. The molecule has 2 aromatic rings. The molecule has 0 aliphatic carbocycles. The number of ether oxygens (including phenoxy) is 1. The van der Waals surface area contributed by atoms with E-state index < -0.39 is 0 Å². The molecule has 0 spiro atoms. The minimum atomic E-state index is -0.0596. The monoisotopic (exact) mass is 369 g/mol. The van der Waals surface area contributed by atoms with Gasteiger partial charge in [-0.2, -0.15) is 5.10 Å².